The van der Waals surface area contributed by atoms with Crippen molar-refractivity contribution in [1.82, 2.24) is 16.0 Å². The van der Waals surface area contributed by atoms with E-state index in [0.29, 0.717) is 18.0 Å². The Hall–Kier alpha value is -1.37. The van der Waals surface area contributed by atoms with Crippen molar-refractivity contribution >= 4 is 35.6 Å². The summed E-state index contributed by atoms with van der Waals surface area (Å²) < 4.78 is 0. The van der Waals surface area contributed by atoms with Crippen LogP contribution in [0.2, 0.25) is 0 Å². The van der Waals surface area contributed by atoms with Crippen molar-refractivity contribution < 1.29 is 9.59 Å². The van der Waals surface area contributed by atoms with E-state index in [9.17, 15) is 9.59 Å². The zero-order chi connectivity index (χ0) is 16.4. The largest absolute Gasteiger partial charge is 0.350 e. The van der Waals surface area contributed by atoms with Crippen molar-refractivity contribution in [1.29, 1.82) is 0 Å². The van der Waals surface area contributed by atoms with Gasteiger partial charge in [0.05, 0.1) is 4.88 Å². The van der Waals surface area contributed by atoms with Crippen LogP contribution in [0.5, 0.6) is 0 Å². The summed E-state index contributed by atoms with van der Waals surface area (Å²) in [6.45, 7) is 8.88. The first-order valence-corrected chi connectivity index (χ1v) is 8.22. The molecule has 128 valence electrons. The van der Waals surface area contributed by atoms with Gasteiger partial charge in [0.15, 0.2) is 0 Å². The maximum atomic E-state index is 12.3. The maximum Gasteiger partial charge on any atom is 0.261 e. The number of nitrogens with one attached hydrogen (secondary N) is 3. The van der Waals surface area contributed by atoms with Crippen molar-refractivity contribution in [3.05, 3.63) is 34.0 Å². The van der Waals surface area contributed by atoms with Crippen molar-refractivity contribution in [2.75, 3.05) is 13.1 Å². The highest BCUT2D eigenvalue weighted by Gasteiger charge is 2.39. The van der Waals surface area contributed by atoms with Gasteiger partial charge < -0.3 is 10.6 Å². The summed E-state index contributed by atoms with van der Waals surface area (Å²) in [5, 5.41) is 10.9. The van der Waals surface area contributed by atoms with Gasteiger partial charge in [-0.2, -0.15) is 0 Å². The minimum atomic E-state index is -0.353. The third-order valence-corrected chi connectivity index (χ3v) is 4.37. The molecular formula is C16H24ClN3O2S. The van der Waals surface area contributed by atoms with Gasteiger partial charge in [-0.05, 0) is 39.1 Å². The van der Waals surface area contributed by atoms with Crippen molar-refractivity contribution in [3.63, 3.8) is 0 Å². The molecule has 5 nitrogen and oxygen atoms in total. The molecule has 0 aromatic carbocycles. The Morgan fingerprint density at radius 2 is 1.74 bits per heavy atom. The molecule has 0 atom stereocenters. The first-order valence-electron chi connectivity index (χ1n) is 7.34. The average Bonchev–Trinajstić information content (AvgIpc) is 2.99. The summed E-state index contributed by atoms with van der Waals surface area (Å²) in [6, 6.07) is 3.61. The molecule has 1 aliphatic rings. The van der Waals surface area contributed by atoms with E-state index in [-0.39, 0.29) is 35.3 Å². The molecule has 0 saturated carbocycles. The molecule has 23 heavy (non-hydrogen) atoms. The van der Waals surface area contributed by atoms with Crippen LogP contribution in [0.15, 0.2) is 29.2 Å². The fourth-order valence-electron chi connectivity index (χ4n) is 2.74. The second-order valence-corrected chi connectivity index (χ2v) is 7.47. The van der Waals surface area contributed by atoms with E-state index >= 15 is 0 Å². The number of amides is 2. The van der Waals surface area contributed by atoms with Crippen LogP contribution in [0.1, 0.15) is 37.4 Å². The van der Waals surface area contributed by atoms with Crippen molar-refractivity contribution in [3.8, 4) is 0 Å². The molecule has 2 amide bonds. The molecule has 2 heterocycles. The zero-order valence-corrected chi connectivity index (χ0v) is 15.5. The number of carbonyl (C=O) groups is 2. The van der Waals surface area contributed by atoms with Gasteiger partial charge >= 0.3 is 0 Å². The van der Waals surface area contributed by atoms with E-state index in [1.54, 1.807) is 6.07 Å². The SMILES string of the molecule is CC1(C)C=C(C(=O)NCCNC(=O)c2cccs2)C(C)(C)N1.Cl. The highest BCUT2D eigenvalue weighted by Crippen LogP contribution is 2.29. The van der Waals surface area contributed by atoms with Gasteiger partial charge in [0, 0.05) is 29.7 Å². The van der Waals surface area contributed by atoms with Crippen LogP contribution in [-0.4, -0.2) is 36.0 Å². The van der Waals surface area contributed by atoms with Gasteiger partial charge in [0.2, 0.25) is 5.91 Å². The molecule has 0 aliphatic carbocycles. The number of rotatable bonds is 5. The lowest BCUT2D eigenvalue weighted by molar-refractivity contribution is -0.118. The van der Waals surface area contributed by atoms with Crippen LogP contribution in [0.25, 0.3) is 0 Å². The van der Waals surface area contributed by atoms with Gasteiger partial charge in [-0.15, -0.1) is 23.7 Å². The monoisotopic (exact) mass is 357 g/mol. The van der Waals surface area contributed by atoms with Crippen LogP contribution in [0.3, 0.4) is 0 Å². The summed E-state index contributed by atoms with van der Waals surface area (Å²) in [7, 11) is 0. The zero-order valence-electron chi connectivity index (χ0n) is 13.9. The molecule has 1 aromatic rings. The number of carbonyl (C=O) groups excluding carboxylic acids is 2. The lowest BCUT2D eigenvalue weighted by Crippen LogP contribution is -2.48. The number of hydrogen-bond acceptors (Lipinski definition) is 4. The minimum absolute atomic E-state index is 0. The summed E-state index contributed by atoms with van der Waals surface area (Å²) in [5.41, 5.74) is 0.194. The molecule has 0 saturated heterocycles. The fraction of sp³-hybridized carbons (Fsp3) is 0.500. The third kappa shape index (κ3) is 5.06. The van der Waals surface area contributed by atoms with Crippen LogP contribution >= 0.6 is 23.7 Å². The van der Waals surface area contributed by atoms with E-state index in [4.69, 9.17) is 0 Å². The Morgan fingerprint density at radius 1 is 1.13 bits per heavy atom. The van der Waals surface area contributed by atoms with Crippen molar-refractivity contribution in [2.24, 2.45) is 0 Å². The molecule has 7 heteroatoms. The minimum Gasteiger partial charge on any atom is -0.350 e. The van der Waals surface area contributed by atoms with Gasteiger partial charge in [0.25, 0.3) is 5.91 Å². The number of hydrogen-bond donors (Lipinski definition) is 3. The molecule has 0 radical (unpaired) electrons. The van der Waals surface area contributed by atoms with Crippen LogP contribution in [0.4, 0.5) is 0 Å². The summed E-state index contributed by atoms with van der Waals surface area (Å²) in [5.74, 6) is -0.194. The molecular weight excluding hydrogens is 334 g/mol. The quantitative estimate of drug-likeness (QED) is 0.707. The van der Waals surface area contributed by atoms with E-state index in [0.717, 1.165) is 5.57 Å². The second kappa shape index (κ2) is 7.47. The lowest BCUT2D eigenvalue weighted by Gasteiger charge is -2.27. The van der Waals surface area contributed by atoms with E-state index in [1.165, 1.54) is 11.3 Å². The molecule has 1 aromatic heterocycles. The molecule has 1 aliphatic heterocycles. The van der Waals surface area contributed by atoms with Crippen LogP contribution in [-0.2, 0) is 4.79 Å². The highest BCUT2D eigenvalue weighted by molar-refractivity contribution is 7.12. The normalized spacial score (nSPS) is 17.8. The number of halogens is 1. The Kier molecular flexibility index (Phi) is 6.39. The molecule has 0 fully saturated rings. The van der Waals surface area contributed by atoms with Gasteiger partial charge in [-0.3, -0.25) is 14.9 Å². The Labute approximate surface area is 147 Å². The number of thiophene rings is 1. The second-order valence-electron chi connectivity index (χ2n) is 6.52. The first kappa shape index (κ1) is 19.7. The molecule has 3 N–H and O–H groups in total. The first-order chi connectivity index (χ1) is 10.2. The Morgan fingerprint density at radius 3 is 2.22 bits per heavy atom. The lowest BCUT2D eigenvalue weighted by atomic mass is 9.96. The van der Waals surface area contributed by atoms with Crippen LogP contribution < -0.4 is 16.0 Å². The smallest absolute Gasteiger partial charge is 0.261 e. The summed E-state index contributed by atoms with van der Waals surface area (Å²) in [4.78, 5) is 24.7. The van der Waals surface area contributed by atoms with E-state index in [2.05, 4.69) is 16.0 Å². The summed E-state index contributed by atoms with van der Waals surface area (Å²) in [6.07, 6.45) is 1.96. The third-order valence-electron chi connectivity index (χ3n) is 3.50. The van der Waals surface area contributed by atoms with Crippen LogP contribution in [0, 0.1) is 0 Å². The van der Waals surface area contributed by atoms with Gasteiger partial charge in [0.1, 0.15) is 0 Å². The molecule has 0 unspecified atom stereocenters. The summed E-state index contributed by atoms with van der Waals surface area (Å²) >= 11 is 1.40. The average molecular weight is 358 g/mol. The van der Waals surface area contributed by atoms with Crippen molar-refractivity contribution in [2.45, 2.75) is 38.8 Å². The molecule has 2 rings (SSSR count). The Balaban J connectivity index is 0.00000264. The molecule has 0 bridgehead atoms. The van der Waals surface area contributed by atoms with Gasteiger partial charge in [-0.25, -0.2) is 0 Å². The highest BCUT2D eigenvalue weighted by atomic mass is 35.5. The topological polar surface area (TPSA) is 70.2 Å². The maximum absolute atomic E-state index is 12.3. The fourth-order valence-corrected chi connectivity index (χ4v) is 3.38. The predicted octanol–water partition coefficient (Wildman–Crippen LogP) is 2.10. The van der Waals surface area contributed by atoms with E-state index in [1.807, 2.05) is 45.2 Å². The predicted molar refractivity (Wildman–Crippen MR) is 96.3 cm³/mol. The Bertz CT molecular complexity index is 594. The van der Waals surface area contributed by atoms with Gasteiger partial charge in [-0.1, -0.05) is 12.1 Å². The van der Waals surface area contributed by atoms with E-state index < -0.39 is 0 Å². The standard InChI is InChI=1S/C16H23N3O2S.ClH/c1-15(2)10-11(16(3,4)19-15)13(20)17-7-8-18-14(21)12-6-5-9-22-12;/h5-6,9-10,19H,7-8H2,1-4H3,(H,17,20)(H,18,21);1H. The molecule has 0 spiro atoms.